The van der Waals surface area contributed by atoms with Crippen molar-refractivity contribution < 1.29 is 0 Å². The molecular formula is C30H20Cl2N4. The fourth-order valence-corrected chi connectivity index (χ4v) is 4.53. The van der Waals surface area contributed by atoms with Gasteiger partial charge in [0.15, 0.2) is 0 Å². The third-order valence-corrected chi connectivity index (χ3v) is 6.74. The molecule has 0 saturated carbocycles. The molecule has 6 aromatic rings. The summed E-state index contributed by atoms with van der Waals surface area (Å²) in [7, 11) is 0. The molecule has 6 rings (SSSR count). The summed E-state index contributed by atoms with van der Waals surface area (Å²) in [6.07, 6.45) is 2.00. The van der Waals surface area contributed by atoms with E-state index in [1.165, 1.54) is 0 Å². The van der Waals surface area contributed by atoms with Crippen LogP contribution < -0.4 is 0 Å². The van der Waals surface area contributed by atoms with E-state index in [2.05, 4.69) is 29.2 Å². The zero-order valence-corrected chi connectivity index (χ0v) is 20.6. The van der Waals surface area contributed by atoms with Crippen molar-refractivity contribution in [1.82, 2.24) is 19.7 Å². The Hall–Kier alpha value is -4.12. The van der Waals surface area contributed by atoms with Gasteiger partial charge in [0.2, 0.25) is 0 Å². The Morgan fingerprint density at radius 3 is 1.92 bits per heavy atom. The van der Waals surface area contributed by atoms with E-state index in [0.29, 0.717) is 10.0 Å². The summed E-state index contributed by atoms with van der Waals surface area (Å²) in [6.45, 7) is 0. The molecule has 0 unspecified atom stereocenters. The Balaban J connectivity index is 1.58. The van der Waals surface area contributed by atoms with E-state index in [1.807, 2.05) is 89.7 Å². The van der Waals surface area contributed by atoms with Crippen molar-refractivity contribution in [2.45, 2.75) is 0 Å². The average molecular weight is 507 g/mol. The molecule has 0 bridgehead atoms. The van der Waals surface area contributed by atoms with Crippen LogP contribution in [0.15, 0.2) is 115 Å². The summed E-state index contributed by atoms with van der Waals surface area (Å²) in [5, 5.41) is 5.91. The first-order valence-electron chi connectivity index (χ1n) is 11.5. The number of aromatic nitrogens is 4. The SMILES string of the molecule is Clc1ccc(-c2nn(-c3ccccc3)cc2-c2nc(-c3ccccc3)c(-c3ccccc3)[nH]2)cc1Cl. The number of nitrogens with one attached hydrogen (secondary N) is 1. The number of benzene rings is 4. The summed E-state index contributed by atoms with van der Waals surface area (Å²) in [5.74, 6) is 0.718. The minimum absolute atomic E-state index is 0.476. The predicted octanol–water partition coefficient (Wildman–Crippen LogP) is 8.57. The van der Waals surface area contributed by atoms with Crippen molar-refractivity contribution in [2.24, 2.45) is 0 Å². The lowest BCUT2D eigenvalue weighted by atomic mass is 10.1. The van der Waals surface area contributed by atoms with E-state index in [9.17, 15) is 0 Å². The van der Waals surface area contributed by atoms with Gasteiger partial charge in [-0.25, -0.2) is 9.67 Å². The number of hydrogen-bond donors (Lipinski definition) is 1. The normalized spacial score (nSPS) is 11.1. The molecule has 4 nitrogen and oxygen atoms in total. The molecule has 0 atom stereocenters. The van der Waals surface area contributed by atoms with Gasteiger partial charge < -0.3 is 4.98 Å². The van der Waals surface area contributed by atoms with Crippen LogP contribution in [0.1, 0.15) is 0 Å². The highest BCUT2D eigenvalue weighted by Gasteiger charge is 2.21. The van der Waals surface area contributed by atoms with Gasteiger partial charge in [-0.15, -0.1) is 0 Å². The van der Waals surface area contributed by atoms with Crippen molar-refractivity contribution in [1.29, 1.82) is 0 Å². The zero-order valence-electron chi connectivity index (χ0n) is 19.1. The van der Waals surface area contributed by atoms with E-state index < -0.39 is 0 Å². The molecule has 0 aliphatic carbocycles. The molecule has 0 fully saturated rings. The minimum Gasteiger partial charge on any atom is -0.337 e. The van der Waals surface area contributed by atoms with Crippen molar-refractivity contribution >= 4 is 23.2 Å². The number of aromatic amines is 1. The first-order chi connectivity index (χ1) is 17.7. The Morgan fingerprint density at radius 2 is 1.25 bits per heavy atom. The number of para-hydroxylation sites is 1. The summed E-state index contributed by atoms with van der Waals surface area (Å²) in [6, 6.07) is 36.0. The Labute approximate surface area is 218 Å². The molecule has 36 heavy (non-hydrogen) atoms. The lowest BCUT2D eigenvalue weighted by Gasteiger charge is -2.03. The van der Waals surface area contributed by atoms with Crippen LogP contribution in [0.3, 0.4) is 0 Å². The van der Waals surface area contributed by atoms with Crippen molar-refractivity contribution in [3.05, 3.63) is 125 Å². The first-order valence-corrected chi connectivity index (χ1v) is 12.2. The Kier molecular flexibility index (Phi) is 5.90. The van der Waals surface area contributed by atoms with Gasteiger partial charge in [-0.1, -0.05) is 108 Å². The van der Waals surface area contributed by atoms with E-state index in [-0.39, 0.29) is 0 Å². The maximum Gasteiger partial charge on any atom is 0.142 e. The van der Waals surface area contributed by atoms with Crippen molar-refractivity contribution in [3.63, 3.8) is 0 Å². The lowest BCUT2D eigenvalue weighted by molar-refractivity contribution is 0.884. The van der Waals surface area contributed by atoms with Gasteiger partial charge in [0, 0.05) is 22.9 Å². The second-order valence-electron chi connectivity index (χ2n) is 8.34. The molecule has 2 aromatic heterocycles. The fourth-order valence-electron chi connectivity index (χ4n) is 4.24. The van der Waals surface area contributed by atoms with Gasteiger partial charge in [-0.05, 0) is 24.3 Å². The van der Waals surface area contributed by atoms with E-state index >= 15 is 0 Å². The Morgan fingerprint density at radius 1 is 0.611 bits per heavy atom. The molecule has 0 saturated heterocycles. The summed E-state index contributed by atoms with van der Waals surface area (Å²) < 4.78 is 1.86. The standard InChI is InChI=1S/C30H20Cl2N4/c31-25-17-16-22(18-26(25)32)27-24(19-36(35-27)23-14-8-3-9-15-23)30-33-28(20-10-4-1-5-11-20)29(34-30)21-12-6-2-7-13-21/h1-19H,(H,33,34). The number of halogens is 2. The van der Waals surface area contributed by atoms with Crippen molar-refractivity contribution in [2.75, 3.05) is 0 Å². The number of hydrogen-bond acceptors (Lipinski definition) is 2. The van der Waals surface area contributed by atoms with Crippen LogP contribution in [-0.2, 0) is 0 Å². The van der Waals surface area contributed by atoms with Gasteiger partial charge >= 0.3 is 0 Å². The van der Waals surface area contributed by atoms with Crippen LogP contribution in [0.4, 0.5) is 0 Å². The molecule has 0 aliphatic rings. The van der Waals surface area contributed by atoms with Crippen LogP contribution in [0.5, 0.6) is 0 Å². The van der Waals surface area contributed by atoms with E-state index in [1.54, 1.807) is 6.07 Å². The van der Waals surface area contributed by atoms with Gasteiger partial charge in [-0.3, -0.25) is 0 Å². The number of imidazole rings is 1. The van der Waals surface area contributed by atoms with Gasteiger partial charge in [0.25, 0.3) is 0 Å². The third kappa shape index (κ3) is 4.22. The summed E-state index contributed by atoms with van der Waals surface area (Å²) in [5.41, 5.74) is 7.33. The van der Waals surface area contributed by atoms with Crippen LogP contribution in [0.25, 0.3) is 50.8 Å². The topological polar surface area (TPSA) is 46.5 Å². The van der Waals surface area contributed by atoms with Crippen LogP contribution >= 0.6 is 23.2 Å². The van der Waals surface area contributed by atoms with Crippen LogP contribution in [0, 0.1) is 0 Å². The number of H-pyrrole nitrogens is 1. The quantitative estimate of drug-likeness (QED) is 0.254. The molecule has 2 heterocycles. The highest BCUT2D eigenvalue weighted by molar-refractivity contribution is 6.42. The van der Waals surface area contributed by atoms with Gasteiger partial charge in [0.1, 0.15) is 11.5 Å². The van der Waals surface area contributed by atoms with E-state index in [4.69, 9.17) is 33.3 Å². The molecule has 6 heteroatoms. The maximum absolute atomic E-state index is 6.39. The highest BCUT2D eigenvalue weighted by atomic mass is 35.5. The molecule has 174 valence electrons. The fraction of sp³-hybridized carbons (Fsp3) is 0. The van der Waals surface area contributed by atoms with Gasteiger partial charge in [-0.2, -0.15) is 5.10 Å². The minimum atomic E-state index is 0.476. The maximum atomic E-state index is 6.39. The Bertz CT molecular complexity index is 1580. The van der Waals surface area contributed by atoms with Crippen LogP contribution in [0.2, 0.25) is 10.0 Å². The molecule has 4 aromatic carbocycles. The predicted molar refractivity (Wildman–Crippen MR) is 147 cm³/mol. The lowest BCUT2D eigenvalue weighted by Crippen LogP contribution is -1.94. The van der Waals surface area contributed by atoms with Gasteiger partial charge in [0.05, 0.1) is 32.7 Å². The first kappa shape index (κ1) is 22.4. The molecule has 1 N–H and O–H groups in total. The monoisotopic (exact) mass is 506 g/mol. The second kappa shape index (κ2) is 9.50. The third-order valence-electron chi connectivity index (χ3n) is 6.00. The van der Waals surface area contributed by atoms with Crippen molar-refractivity contribution in [3.8, 4) is 50.8 Å². The average Bonchev–Trinajstić information content (AvgIpc) is 3.57. The molecular weight excluding hydrogens is 487 g/mol. The van der Waals surface area contributed by atoms with E-state index in [0.717, 1.165) is 50.8 Å². The molecule has 0 spiro atoms. The highest BCUT2D eigenvalue weighted by Crippen LogP contribution is 2.38. The molecule has 0 amide bonds. The molecule has 0 aliphatic heterocycles. The zero-order chi connectivity index (χ0) is 24.5. The molecule has 0 radical (unpaired) electrons. The smallest absolute Gasteiger partial charge is 0.142 e. The van der Waals surface area contributed by atoms with Crippen LogP contribution in [-0.4, -0.2) is 19.7 Å². The summed E-state index contributed by atoms with van der Waals surface area (Å²) in [4.78, 5) is 8.68. The largest absolute Gasteiger partial charge is 0.337 e. The number of rotatable bonds is 5. The summed E-state index contributed by atoms with van der Waals surface area (Å²) >= 11 is 12.6. The number of nitrogens with zero attached hydrogens (tertiary/aromatic N) is 3. The second-order valence-corrected chi connectivity index (χ2v) is 9.16.